The predicted octanol–water partition coefficient (Wildman–Crippen LogP) is 4.27. The number of rotatable bonds is 3. The normalized spacial score (nSPS) is 20.3. The first-order chi connectivity index (χ1) is 12.5. The first kappa shape index (κ1) is 16.6. The maximum Gasteiger partial charge on any atom is 0.306 e. The standard InChI is InChI=1S/C21H21NO4/c1-12-16-11-8-13-4-2-3-5-17(13)19(16)26-18(12)20(23)22-15-9-6-14(7-10-15)21(24)25/h2-5,8,11,14-15H,6-7,9-10H2,1H3,(H,22,23)(H,24,25). The van der Waals surface area contributed by atoms with Gasteiger partial charge in [-0.15, -0.1) is 0 Å². The zero-order valence-corrected chi connectivity index (χ0v) is 14.6. The van der Waals surface area contributed by atoms with Crippen LogP contribution in [0.2, 0.25) is 0 Å². The van der Waals surface area contributed by atoms with Crippen LogP contribution in [0.3, 0.4) is 0 Å². The smallest absolute Gasteiger partial charge is 0.306 e. The summed E-state index contributed by atoms with van der Waals surface area (Å²) >= 11 is 0. The Morgan fingerprint density at radius 1 is 1.04 bits per heavy atom. The van der Waals surface area contributed by atoms with E-state index in [1.807, 2.05) is 43.3 Å². The topological polar surface area (TPSA) is 79.5 Å². The van der Waals surface area contributed by atoms with E-state index in [-0.39, 0.29) is 17.9 Å². The van der Waals surface area contributed by atoms with E-state index in [0.717, 1.165) is 27.3 Å². The lowest BCUT2D eigenvalue weighted by Crippen LogP contribution is -2.38. The Balaban J connectivity index is 1.58. The minimum Gasteiger partial charge on any atom is -0.481 e. The van der Waals surface area contributed by atoms with E-state index >= 15 is 0 Å². The maximum absolute atomic E-state index is 12.7. The lowest BCUT2D eigenvalue weighted by Gasteiger charge is -2.26. The molecule has 0 radical (unpaired) electrons. The number of hydrogen-bond donors (Lipinski definition) is 2. The van der Waals surface area contributed by atoms with E-state index in [0.29, 0.717) is 31.4 Å². The van der Waals surface area contributed by atoms with Crippen LogP contribution < -0.4 is 5.32 Å². The van der Waals surface area contributed by atoms with Gasteiger partial charge in [-0.2, -0.15) is 0 Å². The van der Waals surface area contributed by atoms with Crippen molar-refractivity contribution in [2.45, 2.75) is 38.6 Å². The fourth-order valence-corrected chi connectivity index (χ4v) is 3.90. The molecule has 0 bridgehead atoms. The fraction of sp³-hybridized carbons (Fsp3) is 0.333. The van der Waals surface area contributed by atoms with Crippen molar-refractivity contribution < 1.29 is 19.1 Å². The largest absolute Gasteiger partial charge is 0.481 e. The van der Waals surface area contributed by atoms with Crippen LogP contribution in [0.4, 0.5) is 0 Å². The zero-order chi connectivity index (χ0) is 18.3. The minimum atomic E-state index is -0.741. The highest BCUT2D eigenvalue weighted by atomic mass is 16.4. The summed E-state index contributed by atoms with van der Waals surface area (Å²) in [5.74, 6) is -0.907. The molecule has 0 aliphatic heterocycles. The van der Waals surface area contributed by atoms with Crippen LogP contribution >= 0.6 is 0 Å². The molecular weight excluding hydrogens is 330 g/mol. The molecule has 2 N–H and O–H groups in total. The van der Waals surface area contributed by atoms with Crippen LogP contribution in [0.5, 0.6) is 0 Å². The molecule has 0 spiro atoms. The summed E-state index contributed by atoms with van der Waals surface area (Å²) in [7, 11) is 0. The van der Waals surface area contributed by atoms with E-state index in [1.54, 1.807) is 0 Å². The molecule has 1 aromatic heterocycles. The highest BCUT2D eigenvalue weighted by Gasteiger charge is 2.28. The van der Waals surface area contributed by atoms with Crippen molar-refractivity contribution in [3.8, 4) is 0 Å². The second-order valence-electron chi connectivity index (χ2n) is 7.08. The van der Waals surface area contributed by atoms with Crippen molar-refractivity contribution >= 4 is 33.6 Å². The van der Waals surface area contributed by atoms with Gasteiger partial charge >= 0.3 is 5.97 Å². The first-order valence-corrected chi connectivity index (χ1v) is 8.99. The minimum absolute atomic E-state index is 0.00227. The Kier molecular flexibility index (Phi) is 4.15. The Hall–Kier alpha value is -2.82. The molecule has 26 heavy (non-hydrogen) atoms. The van der Waals surface area contributed by atoms with E-state index in [4.69, 9.17) is 9.52 Å². The summed E-state index contributed by atoms with van der Waals surface area (Å²) in [6, 6.07) is 12.0. The van der Waals surface area contributed by atoms with E-state index < -0.39 is 5.97 Å². The molecule has 1 aliphatic carbocycles. The number of fused-ring (bicyclic) bond motifs is 3. The van der Waals surface area contributed by atoms with Crippen molar-refractivity contribution in [3.05, 3.63) is 47.7 Å². The number of nitrogens with one attached hydrogen (secondary N) is 1. The zero-order valence-electron chi connectivity index (χ0n) is 14.6. The molecule has 0 saturated heterocycles. The number of furan rings is 1. The van der Waals surface area contributed by atoms with Gasteiger partial charge in [0.05, 0.1) is 5.92 Å². The molecule has 1 amide bonds. The third-order valence-corrected chi connectivity index (χ3v) is 5.45. The molecule has 134 valence electrons. The number of aliphatic carboxylic acids is 1. The van der Waals surface area contributed by atoms with Gasteiger partial charge in [0.25, 0.3) is 5.91 Å². The van der Waals surface area contributed by atoms with Gasteiger partial charge in [-0.25, -0.2) is 0 Å². The van der Waals surface area contributed by atoms with Crippen molar-refractivity contribution in [3.63, 3.8) is 0 Å². The Morgan fingerprint density at radius 3 is 2.50 bits per heavy atom. The van der Waals surface area contributed by atoms with Gasteiger partial charge in [-0.05, 0) is 38.0 Å². The van der Waals surface area contributed by atoms with Crippen LogP contribution in [-0.4, -0.2) is 23.0 Å². The number of amides is 1. The Labute approximate surface area is 151 Å². The van der Waals surface area contributed by atoms with Crippen LogP contribution in [-0.2, 0) is 4.79 Å². The van der Waals surface area contributed by atoms with Crippen molar-refractivity contribution in [1.29, 1.82) is 0 Å². The number of hydrogen-bond acceptors (Lipinski definition) is 3. The summed E-state index contributed by atoms with van der Waals surface area (Å²) in [4.78, 5) is 23.8. The molecule has 0 atom stereocenters. The van der Waals surface area contributed by atoms with Gasteiger partial charge in [0.15, 0.2) is 5.76 Å². The van der Waals surface area contributed by atoms with Crippen molar-refractivity contribution in [2.75, 3.05) is 0 Å². The Bertz CT molecular complexity index is 996. The highest BCUT2D eigenvalue weighted by Crippen LogP contribution is 2.32. The van der Waals surface area contributed by atoms with Gasteiger partial charge in [0, 0.05) is 22.4 Å². The third kappa shape index (κ3) is 2.83. The summed E-state index contributed by atoms with van der Waals surface area (Å²) < 4.78 is 5.97. The molecule has 3 aromatic rings. The number of carbonyl (C=O) groups is 2. The summed E-state index contributed by atoms with van der Waals surface area (Å²) in [5.41, 5.74) is 1.57. The third-order valence-electron chi connectivity index (χ3n) is 5.45. The van der Waals surface area contributed by atoms with Crippen molar-refractivity contribution in [2.24, 2.45) is 5.92 Å². The summed E-state index contributed by atoms with van der Waals surface area (Å²) in [5, 5.41) is 15.1. The molecule has 1 saturated carbocycles. The van der Waals surface area contributed by atoms with Crippen LogP contribution in [0.15, 0.2) is 40.8 Å². The summed E-state index contributed by atoms with van der Waals surface area (Å²) in [6.45, 7) is 1.90. The van der Waals surface area contributed by atoms with Crippen LogP contribution in [0.25, 0.3) is 21.7 Å². The second-order valence-corrected chi connectivity index (χ2v) is 7.08. The second kappa shape index (κ2) is 6.48. The fourth-order valence-electron chi connectivity index (χ4n) is 3.90. The van der Waals surface area contributed by atoms with Gasteiger partial charge in [0.1, 0.15) is 5.58 Å². The van der Waals surface area contributed by atoms with Crippen molar-refractivity contribution in [1.82, 2.24) is 5.32 Å². The van der Waals surface area contributed by atoms with E-state index in [9.17, 15) is 9.59 Å². The SMILES string of the molecule is Cc1c(C(=O)NC2CCC(C(=O)O)CC2)oc2c1ccc1ccccc12. The number of carboxylic acid groups (broad SMARTS) is 1. The Morgan fingerprint density at radius 2 is 1.77 bits per heavy atom. The average molecular weight is 351 g/mol. The molecule has 1 aliphatic rings. The van der Waals surface area contributed by atoms with E-state index in [2.05, 4.69) is 5.32 Å². The molecule has 4 rings (SSSR count). The highest BCUT2D eigenvalue weighted by molar-refractivity contribution is 6.08. The molecule has 1 fully saturated rings. The quantitative estimate of drug-likeness (QED) is 0.738. The molecule has 5 nitrogen and oxygen atoms in total. The van der Waals surface area contributed by atoms with E-state index in [1.165, 1.54) is 0 Å². The molecular formula is C21H21NO4. The van der Waals surface area contributed by atoms with Gasteiger partial charge in [0.2, 0.25) is 0 Å². The molecule has 0 unspecified atom stereocenters. The predicted molar refractivity (Wildman–Crippen MR) is 99.3 cm³/mol. The maximum atomic E-state index is 12.7. The molecule has 1 heterocycles. The first-order valence-electron chi connectivity index (χ1n) is 8.99. The monoisotopic (exact) mass is 351 g/mol. The van der Waals surface area contributed by atoms with Gasteiger partial charge < -0.3 is 14.8 Å². The average Bonchev–Trinajstić information content (AvgIpc) is 2.99. The van der Waals surface area contributed by atoms with Gasteiger partial charge in [-0.1, -0.05) is 36.4 Å². The number of aryl methyl sites for hydroxylation is 1. The molecule has 2 aromatic carbocycles. The van der Waals surface area contributed by atoms with Crippen LogP contribution in [0, 0.1) is 12.8 Å². The van der Waals surface area contributed by atoms with Gasteiger partial charge in [-0.3, -0.25) is 9.59 Å². The number of benzene rings is 2. The lowest BCUT2D eigenvalue weighted by molar-refractivity contribution is -0.142. The molecule has 5 heteroatoms. The number of carboxylic acids is 1. The summed E-state index contributed by atoms with van der Waals surface area (Å²) in [6.07, 6.45) is 2.57. The number of carbonyl (C=O) groups excluding carboxylic acids is 1. The van der Waals surface area contributed by atoms with Crippen LogP contribution in [0.1, 0.15) is 41.8 Å². The lowest BCUT2D eigenvalue weighted by atomic mass is 9.86.